The number of aliphatic imine (C=N–C) groups is 1. The van der Waals surface area contributed by atoms with Crippen molar-refractivity contribution in [2.45, 2.75) is 113 Å². The molecular weight excluding hydrogens is 1160 g/mol. The first kappa shape index (κ1) is 61.5. The third-order valence-corrected chi connectivity index (χ3v) is 23.6. The van der Waals surface area contributed by atoms with Gasteiger partial charge in [0.15, 0.2) is 42.6 Å². The van der Waals surface area contributed by atoms with E-state index >= 15 is 0 Å². The quantitative estimate of drug-likeness (QED) is 0.0704. The zero-order chi connectivity index (χ0) is 61.0. The van der Waals surface area contributed by atoms with Crippen LogP contribution in [0.2, 0.25) is 0 Å². The average Bonchev–Trinajstić information content (AvgIpc) is 1.76. The molecule has 27 heteroatoms. The van der Waals surface area contributed by atoms with E-state index in [2.05, 4.69) is 19.6 Å². The van der Waals surface area contributed by atoms with Gasteiger partial charge in [0, 0.05) is 105 Å². The van der Waals surface area contributed by atoms with E-state index in [1.807, 2.05) is 25.1 Å². The number of nitrogens with zero attached hydrogens (tertiary/aromatic N) is 12. The summed E-state index contributed by atoms with van der Waals surface area (Å²) in [6.45, 7) is 10.6. The first-order chi connectivity index (χ1) is 40.8. The standard InChI is InChI=1S/C31H40F3N7O3S.C28H35F3N6O3S/c1-22-23(7-6-8-24(22)31(32,33)34)17-27-26(19-39-11-10-30(20-39)9-4-5-16-45(30,42)43)36-29-25(35-21-38(2)3)18-28(37-41(27)29)40-12-14-44-15-13-40;1-19-20(5-4-6-21(19)28(29,30)31)15-24-23(17-35-9-8-27(18-35)7-2-3-14-41(27,38)39)33-26-22(32)16-25(34-37(24)26)36-10-12-40-13-11-36/h6-8,18,21H,4-5,9-17,19-20H2,1-3H3;4-6,16H,2-3,7-15,17-18,32H2,1H3. The van der Waals surface area contributed by atoms with Crippen LogP contribution in [-0.4, -0.2) is 181 Å². The molecule has 6 aromatic rings. The number of morpholine rings is 2. The van der Waals surface area contributed by atoms with Crippen LogP contribution in [0.25, 0.3) is 11.3 Å². The average molecular weight is 1240 g/mol. The minimum atomic E-state index is -4.48. The second-order valence-corrected chi connectivity index (χ2v) is 29.1. The molecule has 10 heterocycles. The molecular formula is C59H75F6N13O6S2. The van der Waals surface area contributed by atoms with Crippen LogP contribution in [0.1, 0.15) is 108 Å². The fourth-order valence-corrected chi connectivity index (χ4v) is 17.9. The molecule has 2 aromatic carbocycles. The van der Waals surface area contributed by atoms with Gasteiger partial charge in [0.2, 0.25) is 0 Å². The molecule has 2 atom stereocenters. The molecule has 466 valence electrons. The first-order valence-corrected chi connectivity index (χ1v) is 32.8. The van der Waals surface area contributed by atoms with E-state index in [0.29, 0.717) is 199 Å². The Morgan fingerprint density at radius 2 is 1.07 bits per heavy atom. The van der Waals surface area contributed by atoms with Gasteiger partial charge in [-0.05, 0) is 86.8 Å². The Morgan fingerprint density at radius 1 is 0.628 bits per heavy atom. The minimum absolute atomic E-state index is 0.159. The lowest BCUT2D eigenvalue weighted by molar-refractivity contribution is -0.138. The van der Waals surface area contributed by atoms with E-state index in [-0.39, 0.29) is 35.5 Å². The summed E-state index contributed by atoms with van der Waals surface area (Å²) in [4.78, 5) is 24.8. The number of benzene rings is 2. The number of halogens is 6. The molecule has 4 aromatic heterocycles. The van der Waals surface area contributed by atoms with Crippen molar-refractivity contribution in [1.82, 2.24) is 43.9 Å². The van der Waals surface area contributed by atoms with Gasteiger partial charge < -0.3 is 29.9 Å². The Morgan fingerprint density at radius 3 is 1.51 bits per heavy atom. The van der Waals surface area contributed by atoms with Crippen molar-refractivity contribution >= 4 is 60.3 Å². The lowest BCUT2D eigenvalue weighted by Gasteiger charge is -2.33. The van der Waals surface area contributed by atoms with Gasteiger partial charge >= 0.3 is 12.4 Å². The van der Waals surface area contributed by atoms with Gasteiger partial charge in [-0.3, -0.25) is 9.80 Å². The van der Waals surface area contributed by atoms with E-state index in [1.54, 1.807) is 33.6 Å². The summed E-state index contributed by atoms with van der Waals surface area (Å²) in [7, 11) is -2.69. The van der Waals surface area contributed by atoms with Crippen LogP contribution < -0.4 is 15.5 Å². The zero-order valence-corrected chi connectivity index (χ0v) is 50.7. The van der Waals surface area contributed by atoms with Crippen LogP contribution in [0, 0.1) is 13.8 Å². The number of anilines is 3. The lowest BCUT2D eigenvalue weighted by atomic mass is 9.98. The molecule has 0 aliphatic carbocycles. The number of fused-ring (bicyclic) bond motifs is 2. The van der Waals surface area contributed by atoms with Gasteiger partial charge in [0.05, 0.1) is 93.4 Å². The molecule has 2 unspecified atom stereocenters. The van der Waals surface area contributed by atoms with Crippen LogP contribution in [0.5, 0.6) is 0 Å². The van der Waals surface area contributed by atoms with Crippen molar-refractivity contribution in [3.63, 3.8) is 0 Å². The number of alkyl halides is 6. The van der Waals surface area contributed by atoms with Crippen molar-refractivity contribution in [3.05, 3.63) is 105 Å². The van der Waals surface area contributed by atoms with Crippen molar-refractivity contribution in [3.8, 4) is 0 Å². The van der Waals surface area contributed by atoms with Crippen LogP contribution in [0.4, 0.5) is 49.4 Å². The summed E-state index contributed by atoms with van der Waals surface area (Å²) in [5, 5.41) is 9.85. The number of nitrogen functional groups attached to an aromatic ring is 1. The number of imidazole rings is 2. The fourth-order valence-electron chi connectivity index (χ4n) is 13.4. The molecule has 6 aliphatic rings. The molecule has 6 aliphatic heterocycles. The highest BCUT2D eigenvalue weighted by Crippen LogP contribution is 2.43. The molecule has 6 fully saturated rings. The number of rotatable bonds is 12. The summed E-state index contributed by atoms with van der Waals surface area (Å²) < 4.78 is 148. The SMILES string of the molecule is Cc1c(Cc2c(CN3CCC4(CCCCS4(=O)=O)C3)nc3c(N)cc(N4CCOCC4)nn23)cccc1C(F)(F)F.Cc1c(Cc2c(CN3CCC4(CCCCS4(=O)=O)C3)nc3c(N=CN(C)C)cc(N4CCOCC4)nn23)cccc1C(F)(F)F. The smallest absolute Gasteiger partial charge is 0.396 e. The second kappa shape index (κ2) is 24.1. The molecule has 12 rings (SSSR count). The third-order valence-electron chi connectivity index (χ3n) is 18.3. The summed E-state index contributed by atoms with van der Waals surface area (Å²) in [6, 6.07) is 12.1. The van der Waals surface area contributed by atoms with E-state index in [4.69, 9.17) is 40.4 Å². The van der Waals surface area contributed by atoms with Crippen molar-refractivity contribution in [1.29, 1.82) is 0 Å². The normalized spacial score (nSPS) is 23.1. The van der Waals surface area contributed by atoms with Crippen molar-refractivity contribution < 1.29 is 52.7 Å². The van der Waals surface area contributed by atoms with Crippen molar-refractivity contribution in [2.75, 3.05) is 120 Å². The Bertz CT molecular complexity index is 3750. The molecule has 6 saturated heterocycles. The molecule has 2 N–H and O–H groups in total. The number of hydrogen-bond acceptors (Lipinski definition) is 16. The molecule has 0 radical (unpaired) electrons. The molecule has 0 amide bonds. The highest BCUT2D eigenvalue weighted by Gasteiger charge is 2.51. The predicted molar refractivity (Wildman–Crippen MR) is 317 cm³/mol. The van der Waals surface area contributed by atoms with Gasteiger partial charge in [-0.15, -0.1) is 10.2 Å². The highest BCUT2D eigenvalue weighted by molar-refractivity contribution is 7.93. The minimum Gasteiger partial charge on any atom is -0.396 e. The Hall–Kier alpha value is -6.13. The maximum absolute atomic E-state index is 13.9. The van der Waals surface area contributed by atoms with E-state index in [9.17, 15) is 43.2 Å². The topological polar surface area (TPSA) is 202 Å². The predicted octanol–water partition coefficient (Wildman–Crippen LogP) is 7.86. The number of sulfone groups is 2. The lowest BCUT2D eigenvalue weighted by Crippen LogP contribution is -2.45. The Kier molecular flexibility index (Phi) is 17.2. The van der Waals surface area contributed by atoms with Gasteiger partial charge in [-0.2, -0.15) is 26.3 Å². The zero-order valence-electron chi connectivity index (χ0n) is 49.1. The van der Waals surface area contributed by atoms with E-state index in [1.165, 1.54) is 26.0 Å². The first-order valence-electron chi connectivity index (χ1n) is 29.5. The maximum Gasteiger partial charge on any atom is 0.416 e. The van der Waals surface area contributed by atoms with E-state index < -0.39 is 52.6 Å². The molecule has 86 heavy (non-hydrogen) atoms. The number of nitrogens with two attached hydrogens (primary N) is 1. The van der Waals surface area contributed by atoms with Crippen LogP contribution >= 0.6 is 0 Å². The Balaban J connectivity index is 0.000000179. The number of likely N-dealkylation sites (tertiary alicyclic amines) is 2. The molecule has 2 spiro atoms. The summed E-state index contributed by atoms with van der Waals surface area (Å²) in [5.41, 5.74) is 11.1. The number of hydrogen-bond donors (Lipinski definition) is 1. The Labute approximate surface area is 497 Å². The third kappa shape index (κ3) is 12.4. The number of ether oxygens (including phenoxy) is 2. The van der Waals surface area contributed by atoms with Gasteiger partial charge in [0.1, 0.15) is 5.69 Å². The van der Waals surface area contributed by atoms with Gasteiger partial charge in [0.25, 0.3) is 0 Å². The van der Waals surface area contributed by atoms with Crippen LogP contribution in [0.15, 0.2) is 53.5 Å². The summed E-state index contributed by atoms with van der Waals surface area (Å²) in [6.07, 6.45) is -1.28. The second-order valence-electron chi connectivity index (χ2n) is 24.1. The van der Waals surface area contributed by atoms with Crippen LogP contribution in [0.3, 0.4) is 0 Å². The summed E-state index contributed by atoms with van der Waals surface area (Å²) >= 11 is 0. The maximum atomic E-state index is 13.9. The largest absolute Gasteiger partial charge is 0.416 e. The summed E-state index contributed by atoms with van der Waals surface area (Å²) in [5.74, 6) is 1.77. The van der Waals surface area contributed by atoms with Gasteiger partial charge in [-0.25, -0.2) is 40.8 Å². The highest BCUT2D eigenvalue weighted by atomic mass is 32.2. The molecule has 0 saturated carbocycles. The van der Waals surface area contributed by atoms with Gasteiger partial charge in [-0.1, -0.05) is 37.1 Å². The van der Waals surface area contributed by atoms with Crippen molar-refractivity contribution in [2.24, 2.45) is 4.99 Å². The molecule has 0 bridgehead atoms. The number of aromatic nitrogens is 6. The van der Waals surface area contributed by atoms with Crippen LogP contribution in [-0.2, 0) is 67.4 Å². The van der Waals surface area contributed by atoms with E-state index in [0.717, 1.165) is 25.0 Å². The fraction of sp³-hybridized carbons (Fsp3) is 0.576. The monoisotopic (exact) mass is 1240 g/mol. The molecule has 19 nitrogen and oxygen atoms in total.